The minimum Gasteiger partial charge on any atom is -0.483 e. The number of aryl methyl sites for hydroxylation is 1. The van der Waals surface area contributed by atoms with Crippen molar-refractivity contribution in [3.05, 3.63) is 65.7 Å². The van der Waals surface area contributed by atoms with E-state index in [1.165, 1.54) is 5.56 Å². The van der Waals surface area contributed by atoms with Crippen LogP contribution in [-0.2, 0) is 17.6 Å². The maximum Gasteiger partial charge on any atom is 0.260 e. The van der Waals surface area contributed by atoms with Crippen LogP contribution in [0, 0.1) is 0 Å². The summed E-state index contributed by atoms with van der Waals surface area (Å²) in [5.41, 5.74) is 2.26. The van der Waals surface area contributed by atoms with Crippen molar-refractivity contribution in [1.29, 1.82) is 0 Å². The molecule has 4 heteroatoms. The van der Waals surface area contributed by atoms with Crippen LogP contribution in [0.15, 0.2) is 54.6 Å². The van der Waals surface area contributed by atoms with Gasteiger partial charge >= 0.3 is 0 Å². The number of aliphatic hydroxyl groups excluding tert-OH is 1. The van der Waals surface area contributed by atoms with E-state index in [-0.39, 0.29) is 19.1 Å². The Balaban J connectivity index is 1.91. The number of hydrogen-bond acceptors (Lipinski definition) is 3. The monoisotopic (exact) mass is 327 g/mol. The van der Waals surface area contributed by atoms with Gasteiger partial charge in [-0.1, -0.05) is 55.5 Å². The van der Waals surface area contributed by atoms with Crippen molar-refractivity contribution >= 4 is 5.91 Å². The fraction of sp³-hybridized carbons (Fsp3) is 0.350. The van der Waals surface area contributed by atoms with Crippen molar-refractivity contribution in [2.75, 3.05) is 26.3 Å². The third-order valence-corrected chi connectivity index (χ3v) is 3.94. The number of benzene rings is 2. The van der Waals surface area contributed by atoms with Gasteiger partial charge in [0.25, 0.3) is 5.91 Å². The molecule has 0 aromatic heterocycles. The zero-order chi connectivity index (χ0) is 17.2. The number of rotatable bonds is 9. The van der Waals surface area contributed by atoms with Crippen LogP contribution in [0.4, 0.5) is 0 Å². The van der Waals surface area contributed by atoms with Gasteiger partial charge in [-0.25, -0.2) is 0 Å². The van der Waals surface area contributed by atoms with Crippen LogP contribution >= 0.6 is 0 Å². The molecule has 0 saturated carbocycles. The van der Waals surface area contributed by atoms with E-state index in [0.717, 1.165) is 24.2 Å². The summed E-state index contributed by atoms with van der Waals surface area (Å²) >= 11 is 0. The average Bonchev–Trinajstić information content (AvgIpc) is 2.64. The lowest BCUT2D eigenvalue weighted by Gasteiger charge is -2.22. The normalized spacial score (nSPS) is 10.4. The molecule has 1 N–H and O–H groups in total. The number of carbonyl (C=O) groups excluding carboxylic acids is 1. The highest BCUT2D eigenvalue weighted by atomic mass is 16.5. The molecule has 0 unspecified atom stereocenters. The first kappa shape index (κ1) is 18.0. The standard InChI is InChI=1S/C20H25NO3/c1-2-18-10-6-7-11-19(18)24-16-20(23)21(14-15-22)13-12-17-8-4-3-5-9-17/h3-11,22H,2,12-16H2,1H3. The smallest absolute Gasteiger partial charge is 0.260 e. The third kappa shape index (κ3) is 5.39. The molecule has 0 aliphatic rings. The molecule has 24 heavy (non-hydrogen) atoms. The molecule has 0 saturated heterocycles. The molecule has 0 aliphatic carbocycles. The quantitative estimate of drug-likeness (QED) is 0.770. The molecule has 0 bridgehead atoms. The van der Waals surface area contributed by atoms with E-state index in [9.17, 15) is 9.90 Å². The van der Waals surface area contributed by atoms with Gasteiger partial charge in [0, 0.05) is 13.1 Å². The average molecular weight is 327 g/mol. The van der Waals surface area contributed by atoms with Crippen molar-refractivity contribution < 1.29 is 14.6 Å². The molecule has 0 atom stereocenters. The first-order valence-corrected chi connectivity index (χ1v) is 8.38. The number of amides is 1. The Morgan fingerprint density at radius 2 is 1.75 bits per heavy atom. The molecule has 1 amide bonds. The fourth-order valence-electron chi connectivity index (χ4n) is 2.56. The van der Waals surface area contributed by atoms with Crippen molar-refractivity contribution in [2.24, 2.45) is 0 Å². The van der Waals surface area contributed by atoms with Gasteiger partial charge in [-0.05, 0) is 30.0 Å². The number of para-hydroxylation sites is 1. The van der Waals surface area contributed by atoms with Crippen molar-refractivity contribution in [3.63, 3.8) is 0 Å². The predicted molar refractivity (Wildman–Crippen MR) is 95.1 cm³/mol. The van der Waals surface area contributed by atoms with E-state index in [1.807, 2.05) is 54.6 Å². The highest BCUT2D eigenvalue weighted by Gasteiger charge is 2.14. The summed E-state index contributed by atoms with van der Waals surface area (Å²) in [6, 6.07) is 17.8. The second-order valence-electron chi connectivity index (χ2n) is 5.59. The van der Waals surface area contributed by atoms with E-state index >= 15 is 0 Å². The van der Waals surface area contributed by atoms with E-state index in [0.29, 0.717) is 13.1 Å². The van der Waals surface area contributed by atoms with Crippen LogP contribution in [-0.4, -0.2) is 42.2 Å². The Labute approximate surface area is 143 Å². The zero-order valence-corrected chi connectivity index (χ0v) is 14.1. The van der Waals surface area contributed by atoms with Crippen LogP contribution in [0.3, 0.4) is 0 Å². The summed E-state index contributed by atoms with van der Waals surface area (Å²) in [4.78, 5) is 14.1. The number of ether oxygens (including phenoxy) is 1. The van der Waals surface area contributed by atoms with Gasteiger partial charge in [0.1, 0.15) is 5.75 Å². The van der Waals surface area contributed by atoms with Crippen molar-refractivity contribution in [1.82, 2.24) is 4.90 Å². The fourth-order valence-corrected chi connectivity index (χ4v) is 2.56. The molecule has 2 aromatic carbocycles. The maximum atomic E-state index is 12.4. The molecule has 0 spiro atoms. The first-order chi connectivity index (χ1) is 11.7. The van der Waals surface area contributed by atoms with E-state index in [4.69, 9.17) is 4.74 Å². The molecule has 4 nitrogen and oxygen atoms in total. The van der Waals surface area contributed by atoms with Gasteiger partial charge in [0.2, 0.25) is 0 Å². The minimum atomic E-state index is -0.106. The Hall–Kier alpha value is -2.33. The molecule has 0 heterocycles. The molecule has 2 rings (SSSR count). The Kier molecular flexibility index (Phi) is 7.30. The maximum absolute atomic E-state index is 12.4. The molecular formula is C20H25NO3. The number of aliphatic hydroxyl groups is 1. The van der Waals surface area contributed by atoms with E-state index in [2.05, 4.69) is 6.92 Å². The van der Waals surface area contributed by atoms with Gasteiger partial charge in [-0.3, -0.25) is 4.79 Å². The van der Waals surface area contributed by atoms with Crippen molar-refractivity contribution in [2.45, 2.75) is 19.8 Å². The SMILES string of the molecule is CCc1ccccc1OCC(=O)N(CCO)CCc1ccccc1. The van der Waals surface area contributed by atoms with Gasteiger partial charge in [-0.15, -0.1) is 0 Å². The summed E-state index contributed by atoms with van der Waals surface area (Å²) in [5.74, 6) is 0.645. The summed E-state index contributed by atoms with van der Waals surface area (Å²) < 4.78 is 5.70. The predicted octanol–water partition coefficient (Wildman–Crippen LogP) is 2.69. The lowest BCUT2D eigenvalue weighted by Crippen LogP contribution is -2.38. The van der Waals surface area contributed by atoms with Crippen LogP contribution < -0.4 is 4.74 Å². The van der Waals surface area contributed by atoms with Crippen LogP contribution in [0.5, 0.6) is 5.75 Å². The Bertz CT molecular complexity index is 628. The highest BCUT2D eigenvalue weighted by Crippen LogP contribution is 2.18. The second kappa shape index (κ2) is 9.73. The molecule has 0 radical (unpaired) electrons. The largest absolute Gasteiger partial charge is 0.483 e. The summed E-state index contributed by atoms with van der Waals surface area (Å²) in [7, 11) is 0. The Morgan fingerprint density at radius 3 is 2.46 bits per heavy atom. The number of nitrogens with zero attached hydrogens (tertiary/aromatic N) is 1. The van der Waals surface area contributed by atoms with Crippen LogP contribution in [0.1, 0.15) is 18.1 Å². The molecule has 128 valence electrons. The number of carbonyl (C=O) groups is 1. The summed E-state index contributed by atoms with van der Waals surface area (Å²) in [6.07, 6.45) is 1.62. The minimum absolute atomic E-state index is 0.00813. The van der Waals surface area contributed by atoms with Crippen molar-refractivity contribution in [3.8, 4) is 5.75 Å². The molecule has 0 fully saturated rings. The van der Waals surface area contributed by atoms with Crippen LogP contribution in [0.25, 0.3) is 0 Å². The zero-order valence-electron chi connectivity index (χ0n) is 14.1. The lowest BCUT2D eigenvalue weighted by atomic mass is 10.1. The van der Waals surface area contributed by atoms with E-state index in [1.54, 1.807) is 4.90 Å². The van der Waals surface area contributed by atoms with E-state index < -0.39 is 0 Å². The Morgan fingerprint density at radius 1 is 1.04 bits per heavy atom. The highest BCUT2D eigenvalue weighted by molar-refractivity contribution is 5.77. The second-order valence-corrected chi connectivity index (χ2v) is 5.59. The van der Waals surface area contributed by atoms with Gasteiger partial charge in [0.15, 0.2) is 6.61 Å². The first-order valence-electron chi connectivity index (χ1n) is 8.38. The van der Waals surface area contributed by atoms with Gasteiger partial charge in [0.05, 0.1) is 6.61 Å². The lowest BCUT2D eigenvalue weighted by molar-refractivity contribution is -0.133. The number of hydrogen-bond donors (Lipinski definition) is 1. The molecule has 2 aromatic rings. The third-order valence-electron chi connectivity index (χ3n) is 3.94. The topological polar surface area (TPSA) is 49.8 Å². The molecule has 0 aliphatic heterocycles. The van der Waals surface area contributed by atoms with Gasteiger partial charge in [-0.2, -0.15) is 0 Å². The summed E-state index contributed by atoms with van der Waals surface area (Å²) in [6.45, 7) is 2.90. The van der Waals surface area contributed by atoms with Crippen LogP contribution in [0.2, 0.25) is 0 Å². The molecular weight excluding hydrogens is 302 g/mol. The van der Waals surface area contributed by atoms with Gasteiger partial charge < -0.3 is 14.7 Å². The summed E-state index contributed by atoms with van der Waals surface area (Å²) in [5, 5.41) is 9.22.